The number of carbonyl (C=O) groups excluding carboxylic acids is 1. The summed E-state index contributed by atoms with van der Waals surface area (Å²) in [5.74, 6) is 0.700. The van der Waals surface area contributed by atoms with Crippen molar-refractivity contribution in [2.45, 2.75) is 4.90 Å². The second-order valence-corrected chi connectivity index (χ2v) is 5.99. The minimum atomic E-state index is -3.96. The number of nitrogens with one attached hydrogen (secondary N) is 2. The Morgan fingerprint density at radius 3 is 2.39 bits per heavy atom. The van der Waals surface area contributed by atoms with E-state index in [2.05, 4.69) is 10.3 Å². The molecule has 0 aliphatic rings. The summed E-state index contributed by atoms with van der Waals surface area (Å²) in [4.78, 5) is 15.8. The van der Waals surface area contributed by atoms with Gasteiger partial charge in [-0.1, -0.05) is 18.2 Å². The Kier molecular flexibility index (Phi) is 5.02. The number of amides is 2. The van der Waals surface area contributed by atoms with Gasteiger partial charge in [0.1, 0.15) is 11.6 Å². The summed E-state index contributed by atoms with van der Waals surface area (Å²) in [5.41, 5.74) is 0. The van der Waals surface area contributed by atoms with E-state index in [4.69, 9.17) is 9.47 Å². The van der Waals surface area contributed by atoms with Gasteiger partial charge in [0.2, 0.25) is 5.88 Å². The number of sulfonamides is 1. The number of pyridine rings is 1. The fourth-order valence-corrected chi connectivity index (χ4v) is 2.62. The van der Waals surface area contributed by atoms with Crippen LogP contribution in [0.15, 0.2) is 47.4 Å². The van der Waals surface area contributed by atoms with Gasteiger partial charge in [0.25, 0.3) is 10.0 Å². The molecule has 0 aliphatic carbocycles. The molecule has 0 radical (unpaired) electrons. The van der Waals surface area contributed by atoms with E-state index >= 15 is 0 Å². The highest BCUT2D eigenvalue weighted by Gasteiger charge is 2.17. The number of anilines is 1. The highest BCUT2D eigenvalue weighted by molar-refractivity contribution is 7.90. The lowest BCUT2D eigenvalue weighted by atomic mass is 10.4. The fourth-order valence-electron chi connectivity index (χ4n) is 1.69. The molecule has 122 valence electrons. The molecule has 0 spiro atoms. The maximum absolute atomic E-state index is 12.0. The number of urea groups is 1. The van der Waals surface area contributed by atoms with E-state index in [0.717, 1.165) is 0 Å². The summed E-state index contributed by atoms with van der Waals surface area (Å²) < 4.78 is 36.0. The van der Waals surface area contributed by atoms with Crippen LogP contribution in [0.2, 0.25) is 0 Å². The minimum Gasteiger partial charge on any atom is -0.496 e. The molecule has 23 heavy (non-hydrogen) atoms. The van der Waals surface area contributed by atoms with Gasteiger partial charge in [-0.25, -0.2) is 17.9 Å². The Morgan fingerprint density at radius 1 is 1.09 bits per heavy atom. The van der Waals surface area contributed by atoms with Crippen LogP contribution in [0.1, 0.15) is 0 Å². The quantitative estimate of drug-likeness (QED) is 0.858. The molecule has 0 saturated heterocycles. The van der Waals surface area contributed by atoms with Crippen molar-refractivity contribution in [1.29, 1.82) is 0 Å². The Morgan fingerprint density at radius 2 is 1.78 bits per heavy atom. The van der Waals surface area contributed by atoms with Crippen LogP contribution in [0.3, 0.4) is 0 Å². The molecule has 2 N–H and O–H groups in total. The molecule has 8 nitrogen and oxygen atoms in total. The largest absolute Gasteiger partial charge is 0.496 e. The smallest absolute Gasteiger partial charge is 0.334 e. The van der Waals surface area contributed by atoms with Gasteiger partial charge in [-0.3, -0.25) is 5.32 Å². The lowest BCUT2D eigenvalue weighted by Crippen LogP contribution is -2.34. The van der Waals surface area contributed by atoms with Gasteiger partial charge in [0.15, 0.2) is 0 Å². The SMILES string of the molecule is COc1cc(NC(=O)NS(=O)(=O)c2ccccc2)nc(OC)c1. The van der Waals surface area contributed by atoms with Crippen LogP contribution < -0.4 is 19.5 Å². The molecule has 0 fully saturated rings. The summed E-state index contributed by atoms with van der Waals surface area (Å²) in [7, 11) is -1.11. The van der Waals surface area contributed by atoms with Crippen molar-refractivity contribution in [2.75, 3.05) is 19.5 Å². The molecule has 1 aromatic heterocycles. The van der Waals surface area contributed by atoms with Crippen LogP contribution in [-0.4, -0.2) is 33.7 Å². The fraction of sp³-hybridized carbons (Fsp3) is 0.143. The normalized spacial score (nSPS) is 10.7. The summed E-state index contributed by atoms with van der Waals surface area (Å²) in [6, 6.07) is 9.54. The third-order valence-corrected chi connectivity index (χ3v) is 4.09. The number of rotatable bonds is 5. The monoisotopic (exact) mass is 337 g/mol. The van der Waals surface area contributed by atoms with Crippen LogP contribution in [0.25, 0.3) is 0 Å². The zero-order chi connectivity index (χ0) is 16.9. The van der Waals surface area contributed by atoms with E-state index in [1.165, 1.54) is 38.5 Å². The number of ether oxygens (including phenoxy) is 2. The molecular weight excluding hydrogens is 322 g/mol. The van der Waals surface area contributed by atoms with E-state index < -0.39 is 16.1 Å². The van der Waals surface area contributed by atoms with Crippen LogP contribution in [0.5, 0.6) is 11.6 Å². The van der Waals surface area contributed by atoms with E-state index in [1.54, 1.807) is 18.2 Å². The predicted molar refractivity (Wildman–Crippen MR) is 83.1 cm³/mol. The molecule has 0 saturated carbocycles. The van der Waals surface area contributed by atoms with Gasteiger partial charge in [0, 0.05) is 12.1 Å². The van der Waals surface area contributed by atoms with Crippen LogP contribution in [-0.2, 0) is 10.0 Å². The average molecular weight is 337 g/mol. The molecule has 0 atom stereocenters. The van der Waals surface area contributed by atoms with Crippen molar-refractivity contribution < 1.29 is 22.7 Å². The maximum Gasteiger partial charge on any atom is 0.334 e. The van der Waals surface area contributed by atoms with Gasteiger partial charge in [0.05, 0.1) is 19.1 Å². The summed E-state index contributed by atoms with van der Waals surface area (Å²) in [6.45, 7) is 0. The summed E-state index contributed by atoms with van der Waals surface area (Å²) >= 11 is 0. The second kappa shape index (κ2) is 6.97. The Balaban J connectivity index is 2.14. The Hall–Kier alpha value is -2.81. The van der Waals surface area contributed by atoms with Crippen molar-refractivity contribution in [2.24, 2.45) is 0 Å². The molecule has 0 unspecified atom stereocenters. The number of nitrogens with zero attached hydrogens (tertiary/aromatic N) is 1. The van der Waals surface area contributed by atoms with Crippen LogP contribution in [0, 0.1) is 0 Å². The maximum atomic E-state index is 12.0. The van der Waals surface area contributed by atoms with Gasteiger partial charge in [-0.2, -0.15) is 4.98 Å². The topological polar surface area (TPSA) is 107 Å². The first-order valence-electron chi connectivity index (χ1n) is 6.43. The number of aromatic nitrogens is 1. The van der Waals surface area contributed by atoms with Crippen LogP contribution in [0.4, 0.5) is 10.6 Å². The first kappa shape index (κ1) is 16.6. The lowest BCUT2D eigenvalue weighted by Gasteiger charge is -2.10. The zero-order valence-corrected chi connectivity index (χ0v) is 13.3. The number of hydrogen-bond donors (Lipinski definition) is 2. The summed E-state index contributed by atoms with van der Waals surface area (Å²) in [6.07, 6.45) is 0. The zero-order valence-electron chi connectivity index (χ0n) is 12.4. The second-order valence-electron chi connectivity index (χ2n) is 4.31. The third kappa shape index (κ3) is 4.33. The Labute approximate surface area is 133 Å². The number of benzene rings is 1. The molecule has 0 bridgehead atoms. The molecule has 0 aliphatic heterocycles. The summed E-state index contributed by atoms with van der Waals surface area (Å²) in [5, 5.41) is 2.32. The molecule has 2 amide bonds. The molecule has 2 rings (SSSR count). The number of methoxy groups -OCH3 is 2. The van der Waals surface area contributed by atoms with Crippen molar-refractivity contribution >= 4 is 21.9 Å². The lowest BCUT2D eigenvalue weighted by molar-refractivity contribution is 0.256. The first-order valence-corrected chi connectivity index (χ1v) is 7.92. The predicted octanol–water partition coefficient (Wildman–Crippen LogP) is 1.61. The number of carbonyl (C=O) groups is 1. The highest BCUT2D eigenvalue weighted by atomic mass is 32.2. The molecular formula is C14H15N3O5S. The molecule has 9 heteroatoms. The van der Waals surface area contributed by atoms with Crippen molar-refractivity contribution in [3.05, 3.63) is 42.5 Å². The third-order valence-electron chi connectivity index (χ3n) is 2.74. The highest BCUT2D eigenvalue weighted by Crippen LogP contribution is 2.21. The van der Waals surface area contributed by atoms with E-state index in [9.17, 15) is 13.2 Å². The van der Waals surface area contributed by atoms with Crippen molar-refractivity contribution in [3.63, 3.8) is 0 Å². The average Bonchev–Trinajstić information content (AvgIpc) is 2.54. The molecule has 2 aromatic rings. The van der Waals surface area contributed by atoms with E-state index in [1.807, 2.05) is 4.72 Å². The van der Waals surface area contributed by atoms with Gasteiger partial charge >= 0.3 is 6.03 Å². The van der Waals surface area contributed by atoms with E-state index in [-0.39, 0.29) is 16.6 Å². The van der Waals surface area contributed by atoms with Gasteiger partial charge in [-0.05, 0) is 12.1 Å². The van der Waals surface area contributed by atoms with Gasteiger partial charge in [-0.15, -0.1) is 0 Å². The molecule has 1 heterocycles. The van der Waals surface area contributed by atoms with Crippen LogP contribution >= 0.6 is 0 Å². The van der Waals surface area contributed by atoms with Crippen molar-refractivity contribution in [1.82, 2.24) is 9.71 Å². The van der Waals surface area contributed by atoms with Gasteiger partial charge < -0.3 is 9.47 Å². The van der Waals surface area contributed by atoms with E-state index in [0.29, 0.717) is 5.75 Å². The minimum absolute atomic E-state index is 0.0219. The Bertz CT molecular complexity index is 771. The first-order chi connectivity index (χ1) is 10.9. The van der Waals surface area contributed by atoms with Crippen molar-refractivity contribution in [3.8, 4) is 11.6 Å². The molecule has 1 aromatic carbocycles. The standard InChI is InChI=1S/C14H15N3O5S/c1-21-10-8-12(15-13(9-10)22-2)16-14(18)17-23(19,20)11-6-4-3-5-7-11/h3-9H,1-2H3,(H2,15,16,17,18). The number of hydrogen-bond acceptors (Lipinski definition) is 6.